The topological polar surface area (TPSA) is 41.0 Å². The van der Waals surface area contributed by atoms with E-state index in [0.717, 1.165) is 35.0 Å². The Morgan fingerprint density at radius 3 is 2.52 bits per heavy atom. The number of fused-ring (bicyclic) bond motifs is 1. The van der Waals surface area contributed by atoms with Gasteiger partial charge in [0.25, 0.3) is 0 Å². The van der Waals surface area contributed by atoms with Crippen LogP contribution in [0.25, 0.3) is 22.3 Å². The molecular weight excluding hydrogens is 513 g/mol. The lowest BCUT2D eigenvalue weighted by Crippen LogP contribution is -2.17. The van der Waals surface area contributed by atoms with E-state index in [1.165, 1.54) is 0 Å². The molecule has 1 heterocycles. The molecule has 3 aromatic rings. The van der Waals surface area contributed by atoms with Crippen LogP contribution in [0.2, 0.25) is 0 Å². The van der Waals surface area contributed by atoms with Crippen molar-refractivity contribution in [3.8, 4) is 11.4 Å². The Kier molecular flexibility index (Phi) is 6.80. The van der Waals surface area contributed by atoms with Gasteiger partial charge in [0.15, 0.2) is 5.82 Å². The second-order valence-corrected chi connectivity index (χ2v) is 8.61. The van der Waals surface area contributed by atoms with Crippen molar-refractivity contribution in [1.82, 2.24) is 14.9 Å². The largest absolute Gasteiger partial charge is 0.416 e. The van der Waals surface area contributed by atoms with Gasteiger partial charge in [-0.15, -0.1) is 0 Å². The minimum atomic E-state index is -4.46. The van der Waals surface area contributed by atoms with Crippen LogP contribution in [-0.4, -0.2) is 42.1 Å². The third-order valence-electron chi connectivity index (χ3n) is 4.24. The van der Waals surface area contributed by atoms with Crippen molar-refractivity contribution in [1.29, 1.82) is 0 Å². The van der Waals surface area contributed by atoms with Gasteiger partial charge in [0.1, 0.15) is 5.82 Å². The molecule has 154 valence electrons. The van der Waals surface area contributed by atoms with Crippen molar-refractivity contribution < 1.29 is 13.2 Å². The van der Waals surface area contributed by atoms with E-state index in [-0.39, 0.29) is 5.82 Å². The SMILES string of the molecule is CN(C)CCCNc1nc(-c2cc(Br)cc(C(F)(F)F)c2)nc2c(Br)cccc12. The molecule has 0 bridgehead atoms. The van der Waals surface area contributed by atoms with Gasteiger partial charge in [-0.25, -0.2) is 9.97 Å². The number of nitrogens with zero attached hydrogens (tertiary/aromatic N) is 3. The fraction of sp³-hybridized carbons (Fsp3) is 0.300. The second kappa shape index (κ2) is 8.97. The van der Waals surface area contributed by atoms with Crippen molar-refractivity contribution in [2.24, 2.45) is 0 Å². The van der Waals surface area contributed by atoms with E-state index in [1.807, 2.05) is 32.3 Å². The molecule has 0 aliphatic rings. The first-order valence-electron chi connectivity index (χ1n) is 8.88. The smallest absolute Gasteiger partial charge is 0.369 e. The first-order valence-corrected chi connectivity index (χ1v) is 10.5. The third-order valence-corrected chi connectivity index (χ3v) is 5.33. The summed E-state index contributed by atoms with van der Waals surface area (Å²) < 4.78 is 40.8. The normalized spacial score (nSPS) is 12.0. The van der Waals surface area contributed by atoms with Crippen LogP contribution in [0, 0.1) is 0 Å². The zero-order valence-corrected chi connectivity index (χ0v) is 19.0. The fourth-order valence-corrected chi connectivity index (χ4v) is 3.81. The minimum Gasteiger partial charge on any atom is -0.369 e. The van der Waals surface area contributed by atoms with Crippen molar-refractivity contribution in [3.63, 3.8) is 0 Å². The zero-order valence-electron chi connectivity index (χ0n) is 15.8. The molecule has 3 rings (SSSR count). The van der Waals surface area contributed by atoms with Crippen molar-refractivity contribution in [3.05, 3.63) is 50.9 Å². The van der Waals surface area contributed by atoms with E-state index < -0.39 is 11.7 Å². The number of hydrogen-bond donors (Lipinski definition) is 1. The lowest BCUT2D eigenvalue weighted by atomic mass is 10.1. The molecular formula is C20H19Br2F3N4. The number of para-hydroxylation sites is 1. The average Bonchev–Trinajstić information content (AvgIpc) is 2.64. The molecule has 0 radical (unpaired) electrons. The molecule has 1 aromatic heterocycles. The molecule has 0 spiro atoms. The highest BCUT2D eigenvalue weighted by Crippen LogP contribution is 2.35. The zero-order chi connectivity index (χ0) is 21.2. The van der Waals surface area contributed by atoms with Crippen molar-refractivity contribution >= 4 is 48.6 Å². The molecule has 0 aliphatic carbocycles. The maximum absolute atomic E-state index is 13.2. The van der Waals surface area contributed by atoms with Crippen LogP contribution in [-0.2, 0) is 6.18 Å². The standard InChI is InChI=1S/C20H19Br2F3N4/c1-29(2)8-4-7-26-19-15-5-3-6-16(22)17(15)27-18(28-19)12-9-13(20(23,24)25)11-14(21)10-12/h3,5-6,9-11H,4,7-8H2,1-2H3,(H,26,27,28). The lowest BCUT2D eigenvalue weighted by molar-refractivity contribution is -0.137. The van der Waals surface area contributed by atoms with Crippen LogP contribution < -0.4 is 5.32 Å². The molecule has 0 fully saturated rings. The van der Waals surface area contributed by atoms with E-state index in [2.05, 4.69) is 52.0 Å². The second-order valence-electron chi connectivity index (χ2n) is 6.84. The summed E-state index contributed by atoms with van der Waals surface area (Å²) in [6.45, 7) is 1.59. The van der Waals surface area contributed by atoms with Crippen LogP contribution in [0.4, 0.5) is 19.0 Å². The molecule has 0 atom stereocenters. The number of hydrogen-bond acceptors (Lipinski definition) is 4. The number of nitrogens with one attached hydrogen (secondary N) is 1. The number of alkyl halides is 3. The van der Waals surface area contributed by atoms with Crippen LogP contribution in [0.1, 0.15) is 12.0 Å². The number of halogens is 5. The summed E-state index contributed by atoms with van der Waals surface area (Å²) >= 11 is 6.65. The number of aromatic nitrogens is 2. The molecule has 0 aliphatic heterocycles. The summed E-state index contributed by atoms with van der Waals surface area (Å²) in [5.74, 6) is 0.824. The quantitative estimate of drug-likeness (QED) is 0.384. The van der Waals surface area contributed by atoms with E-state index in [9.17, 15) is 13.2 Å². The summed E-state index contributed by atoms with van der Waals surface area (Å²) in [6.07, 6.45) is -3.56. The predicted octanol–water partition coefficient (Wildman–Crippen LogP) is 6.20. The van der Waals surface area contributed by atoms with Gasteiger partial charge in [-0.1, -0.05) is 22.0 Å². The molecule has 1 N–H and O–H groups in total. The van der Waals surface area contributed by atoms with Gasteiger partial charge in [0, 0.05) is 26.4 Å². The number of anilines is 1. The van der Waals surface area contributed by atoms with E-state index in [4.69, 9.17) is 0 Å². The molecule has 2 aromatic carbocycles. The Balaban J connectivity index is 2.07. The van der Waals surface area contributed by atoms with Crippen molar-refractivity contribution in [2.45, 2.75) is 12.6 Å². The van der Waals surface area contributed by atoms with Gasteiger partial charge in [-0.05, 0) is 73.3 Å². The third kappa shape index (κ3) is 5.46. The van der Waals surface area contributed by atoms with Gasteiger partial charge in [0.05, 0.1) is 11.1 Å². The summed E-state index contributed by atoms with van der Waals surface area (Å²) in [5, 5.41) is 4.11. The maximum atomic E-state index is 13.2. The van der Waals surface area contributed by atoms with E-state index in [1.54, 1.807) is 6.07 Å². The molecule has 0 amide bonds. The maximum Gasteiger partial charge on any atom is 0.416 e. The fourth-order valence-electron chi connectivity index (χ4n) is 2.87. The Hall–Kier alpha value is -1.71. The van der Waals surface area contributed by atoms with Gasteiger partial charge in [-0.3, -0.25) is 0 Å². The Morgan fingerprint density at radius 2 is 1.83 bits per heavy atom. The first-order chi connectivity index (χ1) is 13.6. The first kappa shape index (κ1) is 22.0. The highest BCUT2D eigenvalue weighted by Gasteiger charge is 2.31. The monoisotopic (exact) mass is 530 g/mol. The minimum absolute atomic E-state index is 0.228. The van der Waals surface area contributed by atoms with Gasteiger partial charge in [-0.2, -0.15) is 13.2 Å². The summed E-state index contributed by atoms with van der Waals surface area (Å²) in [7, 11) is 4.00. The van der Waals surface area contributed by atoms with E-state index in [0.29, 0.717) is 27.9 Å². The molecule has 9 heteroatoms. The molecule has 0 unspecified atom stereocenters. The average molecular weight is 532 g/mol. The van der Waals surface area contributed by atoms with Gasteiger partial charge < -0.3 is 10.2 Å². The Morgan fingerprint density at radius 1 is 1.07 bits per heavy atom. The van der Waals surface area contributed by atoms with Crippen LogP contribution in [0.3, 0.4) is 0 Å². The van der Waals surface area contributed by atoms with Crippen LogP contribution in [0.15, 0.2) is 45.3 Å². The predicted molar refractivity (Wildman–Crippen MR) is 117 cm³/mol. The molecule has 4 nitrogen and oxygen atoms in total. The molecule has 29 heavy (non-hydrogen) atoms. The van der Waals surface area contributed by atoms with Crippen molar-refractivity contribution in [2.75, 3.05) is 32.5 Å². The molecule has 0 saturated heterocycles. The summed E-state index contributed by atoms with van der Waals surface area (Å²) in [4.78, 5) is 11.2. The van der Waals surface area contributed by atoms with E-state index >= 15 is 0 Å². The number of benzene rings is 2. The number of rotatable bonds is 6. The van der Waals surface area contributed by atoms with Crippen LogP contribution >= 0.6 is 31.9 Å². The van der Waals surface area contributed by atoms with Gasteiger partial charge >= 0.3 is 6.18 Å². The van der Waals surface area contributed by atoms with Crippen LogP contribution in [0.5, 0.6) is 0 Å². The Bertz CT molecular complexity index is 1020. The lowest BCUT2D eigenvalue weighted by Gasteiger charge is -2.14. The molecule has 0 saturated carbocycles. The summed E-state index contributed by atoms with van der Waals surface area (Å²) in [6, 6.07) is 9.31. The Labute approximate surface area is 183 Å². The van der Waals surface area contributed by atoms with Gasteiger partial charge in [0.2, 0.25) is 0 Å². The highest BCUT2D eigenvalue weighted by molar-refractivity contribution is 9.11. The highest BCUT2D eigenvalue weighted by atomic mass is 79.9. The summed E-state index contributed by atoms with van der Waals surface area (Å²) in [5.41, 5.74) is 0.181.